The SMILES string of the molecule is C=N/C=C\C=NCC(C)N(C)/C=C(\C)C1CC1c1cc(F)c(C)c(F)c1. The van der Waals surface area contributed by atoms with Gasteiger partial charge >= 0.3 is 0 Å². The lowest BCUT2D eigenvalue weighted by Crippen LogP contribution is -2.27. The highest BCUT2D eigenvalue weighted by atomic mass is 19.1. The van der Waals surface area contributed by atoms with Crippen LogP contribution in [0, 0.1) is 24.5 Å². The summed E-state index contributed by atoms with van der Waals surface area (Å²) in [6.45, 7) is 9.68. The summed E-state index contributed by atoms with van der Waals surface area (Å²) < 4.78 is 27.6. The highest BCUT2D eigenvalue weighted by Gasteiger charge is 2.40. The molecule has 0 aromatic heterocycles. The van der Waals surface area contributed by atoms with E-state index in [0.717, 1.165) is 12.0 Å². The van der Waals surface area contributed by atoms with Crippen molar-refractivity contribution < 1.29 is 8.78 Å². The Morgan fingerprint density at radius 1 is 1.38 bits per heavy atom. The second-order valence-electron chi connectivity index (χ2n) is 6.98. The van der Waals surface area contributed by atoms with Gasteiger partial charge in [-0.15, -0.1) is 0 Å². The summed E-state index contributed by atoms with van der Waals surface area (Å²) in [4.78, 5) is 10.1. The summed E-state index contributed by atoms with van der Waals surface area (Å²) in [6, 6.07) is 3.20. The molecule has 3 unspecified atom stereocenters. The van der Waals surface area contributed by atoms with Crippen LogP contribution < -0.4 is 0 Å². The number of likely N-dealkylation sites (N-methyl/N-ethyl adjacent to an activating group) is 1. The summed E-state index contributed by atoms with van der Waals surface area (Å²) in [7, 11) is 2.02. The zero-order chi connectivity index (χ0) is 19.3. The average Bonchev–Trinajstić information content (AvgIpc) is 3.39. The van der Waals surface area contributed by atoms with E-state index in [1.165, 1.54) is 24.6 Å². The van der Waals surface area contributed by atoms with Crippen molar-refractivity contribution in [2.24, 2.45) is 15.9 Å². The van der Waals surface area contributed by atoms with Crippen LogP contribution in [0.25, 0.3) is 0 Å². The number of aliphatic imine (C=N–C) groups is 2. The van der Waals surface area contributed by atoms with Crippen molar-refractivity contribution in [3.63, 3.8) is 0 Å². The van der Waals surface area contributed by atoms with Crippen molar-refractivity contribution in [1.82, 2.24) is 4.90 Å². The molecule has 0 radical (unpaired) electrons. The van der Waals surface area contributed by atoms with Crippen LogP contribution in [0.1, 0.15) is 37.3 Å². The molecule has 0 amide bonds. The Morgan fingerprint density at radius 3 is 2.65 bits per heavy atom. The molecule has 1 aromatic rings. The maximum Gasteiger partial charge on any atom is 0.129 e. The zero-order valence-corrected chi connectivity index (χ0v) is 15.9. The van der Waals surface area contributed by atoms with Gasteiger partial charge in [-0.2, -0.15) is 0 Å². The summed E-state index contributed by atoms with van der Waals surface area (Å²) >= 11 is 0. The van der Waals surface area contributed by atoms with Gasteiger partial charge in [0.1, 0.15) is 11.6 Å². The van der Waals surface area contributed by atoms with Crippen molar-refractivity contribution in [2.75, 3.05) is 13.6 Å². The standard InChI is InChI=1S/C21H27F2N3/c1-14(13-26(5)15(2)12-25-8-6-7-24-4)18-11-19(18)17-9-20(22)16(3)21(23)10-17/h6-10,13,15,18-19H,4,11-12H2,1-3,5H3/b7-6-,14-13+,25-8?. The fraction of sp³-hybridized carbons (Fsp3) is 0.429. The van der Waals surface area contributed by atoms with Crippen LogP contribution in [0.3, 0.4) is 0 Å². The number of nitrogens with zero attached hydrogens (tertiary/aromatic N) is 3. The van der Waals surface area contributed by atoms with Gasteiger partial charge in [0.05, 0.1) is 6.54 Å². The van der Waals surface area contributed by atoms with Crippen LogP contribution in [0.4, 0.5) is 8.78 Å². The Morgan fingerprint density at radius 2 is 2.04 bits per heavy atom. The molecule has 1 aliphatic carbocycles. The molecule has 3 atom stereocenters. The minimum absolute atomic E-state index is 0.0889. The first-order chi connectivity index (χ1) is 12.3. The topological polar surface area (TPSA) is 28.0 Å². The summed E-state index contributed by atoms with van der Waals surface area (Å²) in [6.07, 6.45) is 8.10. The second-order valence-corrected chi connectivity index (χ2v) is 6.98. The molecule has 1 saturated carbocycles. The molecule has 0 heterocycles. The average molecular weight is 359 g/mol. The zero-order valence-electron chi connectivity index (χ0n) is 15.9. The van der Waals surface area contributed by atoms with Crippen molar-refractivity contribution in [3.05, 3.63) is 58.9 Å². The Kier molecular flexibility index (Phi) is 6.83. The third-order valence-corrected chi connectivity index (χ3v) is 4.96. The molecular formula is C21H27F2N3. The van der Waals surface area contributed by atoms with Gasteiger partial charge in [-0.05, 0) is 75.7 Å². The number of hydrogen-bond donors (Lipinski definition) is 0. The van der Waals surface area contributed by atoms with Crippen molar-refractivity contribution in [1.29, 1.82) is 0 Å². The van der Waals surface area contributed by atoms with Gasteiger partial charge in [0.2, 0.25) is 0 Å². The summed E-state index contributed by atoms with van der Waals surface area (Å²) in [5.74, 6) is -0.376. The first kappa shape index (κ1) is 20.0. The normalized spacial score (nSPS) is 21.4. The van der Waals surface area contributed by atoms with E-state index in [-0.39, 0.29) is 17.5 Å². The molecule has 0 aliphatic heterocycles. The number of halogens is 2. The highest BCUT2D eigenvalue weighted by Crippen LogP contribution is 2.52. The fourth-order valence-corrected chi connectivity index (χ4v) is 2.99. The second kappa shape index (κ2) is 8.88. The van der Waals surface area contributed by atoms with Crippen LogP contribution in [0.5, 0.6) is 0 Å². The van der Waals surface area contributed by atoms with Gasteiger partial charge in [0, 0.05) is 31.1 Å². The Labute approximate surface area is 154 Å². The van der Waals surface area contributed by atoms with Gasteiger partial charge in [-0.25, -0.2) is 8.78 Å². The molecule has 0 spiro atoms. The molecule has 26 heavy (non-hydrogen) atoms. The van der Waals surface area contributed by atoms with Crippen molar-refractivity contribution >= 4 is 12.9 Å². The van der Waals surface area contributed by atoms with E-state index in [0.29, 0.717) is 12.5 Å². The van der Waals surface area contributed by atoms with Crippen molar-refractivity contribution in [3.8, 4) is 0 Å². The summed E-state index contributed by atoms with van der Waals surface area (Å²) in [5, 5.41) is 0. The molecule has 1 fully saturated rings. The molecule has 5 heteroatoms. The molecule has 2 rings (SSSR count). The quantitative estimate of drug-likeness (QED) is 0.608. The van der Waals surface area contributed by atoms with Gasteiger partial charge < -0.3 is 4.90 Å². The number of benzene rings is 1. The fourth-order valence-electron chi connectivity index (χ4n) is 2.99. The number of allylic oxidation sites excluding steroid dienone is 2. The van der Waals surface area contributed by atoms with Crippen LogP contribution in [0.2, 0.25) is 0 Å². The van der Waals surface area contributed by atoms with Gasteiger partial charge in [-0.3, -0.25) is 9.98 Å². The Bertz CT molecular complexity index is 714. The van der Waals surface area contributed by atoms with E-state index >= 15 is 0 Å². The maximum atomic E-state index is 13.8. The van der Waals surface area contributed by atoms with Gasteiger partial charge in [0.25, 0.3) is 0 Å². The predicted molar refractivity (Wildman–Crippen MR) is 105 cm³/mol. The van der Waals surface area contributed by atoms with Crippen LogP contribution in [0.15, 0.2) is 46.2 Å². The first-order valence-corrected chi connectivity index (χ1v) is 8.81. The molecule has 0 bridgehead atoms. The lowest BCUT2D eigenvalue weighted by Gasteiger charge is -2.22. The molecule has 140 valence electrons. The van der Waals surface area contributed by atoms with Crippen LogP contribution in [-0.2, 0) is 0 Å². The Hall–Kier alpha value is -2.30. The third kappa shape index (κ3) is 5.10. The van der Waals surface area contributed by atoms with Gasteiger partial charge in [-0.1, -0.05) is 5.57 Å². The third-order valence-electron chi connectivity index (χ3n) is 4.96. The van der Waals surface area contributed by atoms with E-state index in [4.69, 9.17) is 0 Å². The number of hydrogen-bond acceptors (Lipinski definition) is 3. The van der Waals surface area contributed by atoms with E-state index in [9.17, 15) is 8.78 Å². The lowest BCUT2D eigenvalue weighted by molar-refractivity contribution is 0.355. The molecule has 3 nitrogen and oxygen atoms in total. The monoisotopic (exact) mass is 359 g/mol. The molecule has 1 aromatic carbocycles. The van der Waals surface area contributed by atoms with E-state index in [2.05, 4.69) is 41.6 Å². The minimum Gasteiger partial charge on any atom is -0.376 e. The first-order valence-electron chi connectivity index (χ1n) is 8.81. The maximum absolute atomic E-state index is 13.8. The largest absolute Gasteiger partial charge is 0.376 e. The van der Waals surface area contributed by atoms with E-state index in [1.807, 2.05) is 7.05 Å². The smallest absolute Gasteiger partial charge is 0.129 e. The molecule has 0 N–H and O–H groups in total. The van der Waals surface area contributed by atoms with E-state index < -0.39 is 11.6 Å². The highest BCUT2D eigenvalue weighted by molar-refractivity contribution is 5.71. The molecule has 0 saturated heterocycles. The Balaban J connectivity index is 1.95. The van der Waals surface area contributed by atoms with Crippen LogP contribution in [-0.4, -0.2) is 37.5 Å². The molecular weight excluding hydrogens is 332 g/mol. The lowest BCUT2D eigenvalue weighted by atomic mass is 10.0. The minimum atomic E-state index is -0.461. The number of rotatable bonds is 8. The summed E-state index contributed by atoms with van der Waals surface area (Å²) in [5.41, 5.74) is 2.07. The van der Waals surface area contributed by atoms with Crippen molar-refractivity contribution in [2.45, 2.75) is 39.2 Å². The van der Waals surface area contributed by atoms with E-state index in [1.54, 1.807) is 18.5 Å². The van der Waals surface area contributed by atoms with Gasteiger partial charge in [0.15, 0.2) is 0 Å². The molecule has 1 aliphatic rings. The predicted octanol–water partition coefficient (Wildman–Crippen LogP) is 4.89. The van der Waals surface area contributed by atoms with Crippen LogP contribution >= 0.6 is 0 Å².